The van der Waals surface area contributed by atoms with Crippen molar-refractivity contribution in [2.45, 2.75) is 19.0 Å². The lowest BCUT2D eigenvalue weighted by Gasteiger charge is -2.15. The fraction of sp³-hybridized carbons (Fsp3) is 0.294. The standard InChI is InChI=1S/C17H20N2O6/c1-23-11-5-6-13(15(8-11)24-2)19-16(20)9-14(17(21)22)18-10-12-4-3-7-25-12/h3-8,14,18H,9-10H2,1-2H3,(H,19,20)(H,21,22)/t14-/m1/s1. The zero-order valence-corrected chi connectivity index (χ0v) is 13.9. The Bertz CT molecular complexity index is 714. The summed E-state index contributed by atoms with van der Waals surface area (Å²) in [6.45, 7) is 0.211. The molecule has 1 atom stereocenters. The summed E-state index contributed by atoms with van der Waals surface area (Å²) in [5, 5.41) is 14.7. The summed E-state index contributed by atoms with van der Waals surface area (Å²) in [4.78, 5) is 23.5. The van der Waals surface area contributed by atoms with E-state index in [1.54, 1.807) is 30.3 Å². The number of anilines is 1. The predicted octanol–water partition coefficient (Wildman–Crippen LogP) is 1.87. The molecule has 0 fully saturated rings. The number of rotatable bonds is 9. The van der Waals surface area contributed by atoms with Crippen molar-refractivity contribution < 1.29 is 28.6 Å². The van der Waals surface area contributed by atoms with E-state index in [9.17, 15) is 14.7 Å². The molecule has 8 heteroatoms. The van der Waals surface area contributed by atoms with Crippen LogP contribution in [-0.4, -0.2) is 37.2 Å². The summed E-state index contributed by atoms with van der Waals surface area (Å²) in [6, 6.07) is 7.29. The maximum atomic E-state index is 12.2. The van der Waals surface area contributed by atoms with Gasteiger partial charge in [0.1, 0.15) is 23.3 Å². The molecule has 1 aromatic heterocycles. The van der Waals surface area contributed by atoms with Crippen LogP contribution < -0.4 is 20.1 Å². The van der Waals surface area contributed by atoms with Gasteiger partial charge in [0.25, 0.3) is 0 Å². The molecule has 1 amide bonds. The minimum atomic E-state index is -1.12. The second-order valence-corrected chi connectivity index (χ2v) is 5.17. The van der Waals surface area contributed by atoms with Gasteiger partial charge >= 0.3 is 5.97 Å². The summed E-state index contributed by atoms with van der Waals surface area (Å²) in [6.07, 6.45) is 1.25. The summed E-state index contributed by atoms with van der Waals surface area (Å²) in [7, 11) is 2.99. The predicted molar refractivity (Wildman–Crippen MR) is 89.8 cm³/mol. The van der Waals surface area contributed by atoms with Crippen LogP contribution in [0.1, 0.15) is 12.2 Å². The average Bonchev–Trinajstić information content (AvgIpc) is 3.12. The molecule has 0 radical (unpaired) electrons. The first-order valence-corrected chi connectivity index (χ1v) is 7.54. The Kier molecular flexibility index (Phi) is 6.41. The summed E-state index contributed by atoms with van der Waals surface area (Å²) >= 11 is 0. The van der Waals surface area contributed by atoms with Gasteiger partial charge in [-0.25, -0.2) is 0 Å². The molecular weight excluding hydrogens is 328 g/mol. The number of carbonyl (C=O) groups is 2. The van der Waals surface area contributed by atoms with Crippen molar-refractivity contribution >= 4 is 17.6 Å². The van der Waals surface area contributed by atoms with Crippen molar-refractivity contribution in [3.8, 4) is 11.5 Å². The third-order valence-electron chi connectivity index (χ3n) is 3.47. The molecular formula is C17H20N2O6. The molecule has 3 N–H and O–H groups in total. The van der Waals surface area contributed by atoms with Crippen LogP contribution >= 0.6 is 0 Å². The number of nitrogens with one attached hydrogen (secondary N) is 2. The number of hydrogen-bond acceptors (Lipinski definition) is 6. The number of carboxylic acids is 1. The highest BCUT2D eigenvalue weighted by molar-refractivity contribution is 5.95. The molecule has 0 saturated carbocycles. The third kappa shape index (κ3) is 5.25. The molecule has 0 bridgehead atoms. The number of amides is 1. The van der Waals surface area contributed by atoms with Crippen LogP contribution in [-0.2, 0) is 16.1 Å². The van der Waals surface area contributed by atoms with E-state index in [-0.39, 0.29) is 13.0 Å². The first kappa shape index (κ1) is 18.3. The fourth-order valence-electron chi connectivity index (χ4n) is 2.17. The molecule has 1 heterocycles. The van der Waals surface area contributed by atoms with E-state index in [0.717, 1.165) is 0 Å². The van der Waals surface area contributed by atoms with Gasteiger partial charge in [0, 0.05) is 6.07 Å². The number of aliphatic carboxylic acids is 1. The van der Waals surface area contributed by atoms with Crippen LogP contribution in [0.2, 0.25) is 0 Å². The van der Waals surface area contributed by atoms with Gasteiger partial charge < -0.3 is 24.3 Å². The monoisotopic (exact) mass is 348 g/mol. The lowest BCUT2D eigenvalue weighted by molar-refractivity contribution is -0.141. The van der Waals surface area contributed by atoms with Crippen molar-refractivity contribution in [1.29, 1.82) is 0 Å². The highest BCUT2D eigenvalue weighted by atomic mass is 16.5. The molecule has 0 aliphatic carbocycles. The molecule has 2 rings (SSSR count). The first-order valence-electron chi connectivity index (χ1n) is 7.54. The van der Waals surface area contributed by atoms with Gasteiger partial charge in [0.15, 0.2) is 0 Å². The maximum Gasteiger partial charge on any atom is 0.321 e. The fourth-order valence-corrected chi connectivity index (χ4v) is 2.17. The highest BCUT2D eigenvalue weighted by Gasteiger charge is 2.22. The molecule has 1 aromatic carbocycles. The number of methoxy groups -OCH3 is 2. The highest BCUT2D eigenvalue weighted by Crippen LogP contribution is 2.29. The van der Waals surface area contributed by atoms with Crippen molar-refractivity contribution in [2.24, 2.45) is 0 Å². The van der Waals surface area contributed by atoms with Gasteiger partial charge in [-0.15, -0.1) is 0 Å². The Morgan fingerprint density at radius 1 is 1.24 bits per heavy atom. The zero-order valence-electron chi connectivity index (χ0n) is 13.9. The molecule has 0 spiro atoms. The van der Waals surface area contributed by atoms with Gasteiger partial charge in [-0.3, -0.25) is 14.9 Å². The van der Waals surface area contributed by atoms with E-state index >= 15 is 0 Å². The lowest BCUT2D eigenvalue weighted by Crippen LogP contribution is -2.39. The number of hydrogen-bond donors (Lipinski definition) is 3. The van der Waals surface area contributed by atoms with Gasteiger partial charge in [-0.2, -0.15) is 0 Å². The molecule has 8 nitrogen and oxygen atoms in total. The Balaban J connectivity index is 1.97. The lowest BCUT2D eigenvalue weighted by atomic mass is 10.2. The van der Waals surface area contributed by atoms with Gasteiger partial charge in [0.2, 0.25) is 5.91 Å². The second-order valence-electron chi connectivity index (χ2n) is 5.17. The van der Waals surface area contributed by atoms with E-state index in [2.05, 4.69) is 10.6 Å². The molecule has 134 valence electrons. The number of furan rings is 1. The largest absolute Gasteiger partial charge is 0.497 e. The molecule has 25 heavy (non-hydrogen) atoms. The normalized spacial score (nSPS) is 11.6. The molecule has 0 unspecified atom stereocenters. The number of ether oxygens (including phenoxy) is 2. The molecule has 0 aliphatic rings. The van der Waals surface area contributed by atoms with Gasteiger partial charge in [0.05, 0.1) is 39.1 Å². The number of carbonyl (C=O) groups excluding carboxylic acids is 1. The summed E-state index contributed by atoms with van der Waals surface area (Å²) in [5.74, 6) is 0.0104. The maximum absolute atomic E-state index is 12.2. The quantitative estimate of drug-likeness (QED) is 0.634. The van der Waals surface area contributed by atoms with Crippen LogP contribution in [0, 0.1) is 0 Å². The van der Waals surface area contributed by atoms with Crippen LogP contribution in [0.15, 0.2) is 41.0 Å². The van der Waals surface area contributed by atoms with Gasteiger partial charge in [-0.05, 0) is 24.3 Å². The van der Waals surface area contributed by atoms with E-state index in [4.69, 9.17) is 13.9 Å². The van der Waals surface area contributed by atoms with E-state index in [1.807, 2.05) is 0 Å². The van der Waals surface area contributed by atoms with Crippen LogP contribution in [0.25, 0.3) is 0 Å². The topological polar surface area (TPSA) is 110 Å². The van der Waals surface area contributed by atoms with E-state index in [0.29, 0.717) is 22.9 Å². The second kappa shape index (κ2) is 8.74. The van der Waals surface area contributed by atoms with Crippen molar-refractivity contribution in [1.82, 2.24) is 5.32 Å². The smallest absolute Gasteiger partial charge is 0.321 e. The first-order chi connectivity index (χ1) is 12.0. The SMILES string of the molecule is COc1ccc(NC(=O)C[C@@H](NCc2ccco2)C(=O)O)c(OC)c1. The molecule has 0 saturated heterocycles. The van der Waals surface area contributed by atoms with Crippen molar-refractivity contribution in [2.75, 3.05) is 19.5 Å². The molecule has 2 aromatic rings. The van der Waals surface area contributed by atoms with E-state index in [1.165, 1.54) is 20.5 Å². The molecule has 0 aliphatic heterocycles. The summed E-state index contributed by atoms with van der Waals surface area (Å²) < 4.78 is 15.4. The third-order valence-corrected chi connectivity index (χ3v) is 3.47. The summed E-state index contributed by atoms with van der Waals surface area (Å²) in [5.41, 5.74) is 0.434. The average molecular weight is 348 g/mol. The van der Waals surface area contributed by atoms with Crippen LogP contribution in [0.5, 0.6) is 11.5 Å². The Hall–Kier alpha value is -3.00. The van der Waals surface area contributed by atoms with Crippen LogP contribution in [0.3, 0.4) is 0 Å². The Morgan fingerprint density at radius 3 is 2.64 bits per heavy atom. The number of benzene rings is 1. The minimum absolute atomic E-state index is 0.211. The Labute approximate surface area is 144 Å². The number of carboxylic acid groups (broad SMARTS) is 1. The van der Waals surface area contributed by atoms with Crippen LogP contribution in [0.4, 0.5) is 5.69 Å². The zero-order chi connectivity index (χ0) is 18.2. The van der Waals surface area contributed by atoms with E-state index < -0.39 is 17.9 Å². The van der Waals surface area contributed by atoms with Gasteiger partial charge in [-0.1, -0.05) is 0 Å². The minimum Gasteiger partial charge on any atom is -0.497 e. The Morgan fingerprint density at radius 2 is 2.04 bits per heavy atom. The van der Waals surface area contributed by atoms with Crippen molar-refractivity contribution in [3.63, 3.8) is 0 Å². The van der Waals surface area contributed by atoms with Crippen molar-refractivity contribution in [3.05, 3.63) is 42.4 Å².